The summed E-state index contributed by atoms with van der Waals surface area (Å²) in [5.41, 5.74) is 1.64. The van der Waals surface area contributed by atoms with Gasteiger partial charge in [0, 0.05) is 31.7 Å². The Hall–Kier alpha value is -4.01. The molecule has 0 radical (unpaired) electrons. The quantitative estimate of drug-likeness (QED) is 0.463. The van der Waals surface area contributed by atoms with Crippen molar-refractivity contribution in [3.63, 3.8) is 0 Å². The van der Waals surface area contributed by atoms with Crippen LogP contribution in [-0.2, 0) is 4.79 Å². The number of anilines is 1. The predicted molar refractivity (Wildman–Crippen MR) is 132 cm³/mol. The molecular weight excluding hydrogens is 448 g/mol. The molecule has 9 nitrogen and oxygen atoms in total. The maximum atomic E-state index is 12.6. The molecular formula is C26H30N4O5. The van der Waals surface area contributed by atoms with Crippen molar-refractivity contribution in [1.82, 2.24) is 15.1 Å². The van der Waals surface area contributed by atoms with Crippen LogP contribution in [0.25, 0.3) is 11.3 Å². The minimum atomic E-state index is -0.0339. The van der Waals surface area contributed by atoms with Gasteiger partial charge in [0.1, 0.15) is 11.5 Å². The minimum Gasteiger partial charge on any atom is -0.494 e. The zero-order chi connectivity index (χ0) is 24.6. The third-order valence-electron chi connectivity index (χ3n) is 5.78. The highest BCUT2D eigenvalue weighted by Crippen LogP contribution is 2.31. The molecule has 0 unspecified atom stereocenters. The first kappa shape index (κ1) is 24.1. The topological polar surface area (TPSA) is 86.3 Å². The second-order valence-corrected chi connectivity index (χ2v) is 7.91. The lowest BCUT2D eigenvalue weighted by Crippen LogP contribution is -2.50. The first-order chi connectivity index (χ1) is 17.1. The third-order valence-corrected chi connectivity index (χ3v) is 5.78. The van der Waals surface area contributed by atoms with Gasteiger partial charge in [0.05, 0.1) is 26.5 Å². The van der Waals surface area contributed by atoms with Gasteiger partial charge in [0.15, 0.2) is 23.9 Å². The van der Waals surface area contributed by atoms with Gasteiger partial charge >= 0.3 is 0 Å². The van der Waals surface area contributed by atoms with E-state index in [0.717, 1.165) is 22.8 Å². The van der Waals surface area contributed by atoms with Crippen LogP contribution in [-0.4, -0.2) is 74.6 Å². The Balaban J connectivity index is 1.28. The van der Waals surface area contributed by atoms with E-state index in [1.54, 1.807) is 26.4 Å². The van der Waals surface area contributed by atoms with Crippen LogP contribution in [0, 0.1) is 0 Å². The van der Waals surface area contributed by atoms with Crippen molar-refractivity contribution in [2.45, 2.75) is 6.92 Å². The van der Waals surface area contributed by atoms with Gasteiger partial charge in [-0.05, 0) is 61.5 Å². The number of rotatable bonds is 9. The molecule has 0 bridgehead atoms. The van der Waals surface area contributed by atoms with E-state index in [1.807, 2.05) is 54.3 Å². The van der Waals surface area contributed by atoms with E-state index >= 15 is 0 Å². The van der Waals surface area contributed by atoms with Crippen LogP contribution in [0.2, 0.25) is 0 Å². The van der Waals surface area contributed by atoms with Gasteiger partial charge in [-0.3, -0.25) is 4.79 Å². The average Bonchev–Trinajstić information content (AvgIpc) is 2.92. The minimum absolute atomic E-state index is 0.00775. The Labute approximate surface area is 205 Å². The van der Waals surface area contributed by atoms with E-state index in [4.69, 9.17) is 18.9 Å². The number of carbonyl (C=O) groups is 1. The number of hydrogen-bond acceptors (Lipinski definition) is 8. The van der Waals surface area contributed by atoms with Crippen LogP contribution in [0.3, 0.4) is 0 Å². The normalized spacial score (nSPS) is 13.3. The molecule has 184 valence electrons. The number of nitrogens with zero attached hydrogens (tertiary/aromatic N) is 4. The first-order valence-electron chi connectivity index (χ1n) is 11.6. The van der Waals surface area contributed by atoms with Crippen molar-refractivity contribution in [3.05, 3.63) is 54.6 Å². The molecule has 9 heteroatoms. The average molecular weight is 479 g/mol. The lowest BCUT2D eigenvalue weighted by atomic mass is 10.1. The summed E-state index contributed by atoms with van der Waals surface area (Å²) in [6.45, 7) is 5.12. The van der Waals surface area contributed by atoms with E-state index < -0.39 is 0 Å². The van der Waals surface area contributed by atoms with Crippen molar-refractivity contribution in [1.29, 1.82) is 0 Å². The third kappa shape index (κ3) is 5.92. The lowest BCUT2D eigenvalue weighted by Gasteiger charge is -2.35. The molecule has 1 amide bonds. The molecule has 2 aromatic carbocycles. The molecule has 0 atom stereocenters. The largest absolute Gasteiger partial charge is 0.494 e. The summed E-state index contributed by atoms with van der Waals surface area (Å²) in [6.07, 6.45) is 0. The van der Waals surface area contributed by atoms with E-state index in [-0.39, 0.29) is 12.5 Å². The molecule has 1 aliphatic rings. The van der Waals surface area contributed by atoms with Gasteiger partial charge in [0.2, 0.25) is 0 Å². The highest BCUT2D eigenvalue weighted by Gasteiger charge is 2.22. The number of carbonyl (C=O) groups excluding carboxylic acids is 1. The highest BCUT2D eigenvalue weighted by molar-refractivity contribution is 5.78. The predicted octanol–water partition coefficient (Wildman–Crippen LogP) is 3.29. The summed E-state index contributed by atoms with van der Waals surface area (Å²) < 4.78 is 21.7. The van der Waals surface area contributed by atoms with Crippen LogP contribution < -0.4 is 23.8 Å². The van der Waals surface area contributed by atoms with Crippen LogP contribution in [0.15, 0.2) is 54.6 Å². The Kier molecular flexibility index (Phi) is 7.87. The summed E-state index contributed by atoms with van der Waals surface area (Å²) in [4.78, 5) is 16.5. The summed E-state index contributed by atoms with van der Waals surface area (Å²) >= 11 is 0. The van der Waals surface area contributed by atoms with E-state index in [2.05, 4.69) is 15.1 Å². The number of aromatic nitrogens is 2. The standard InChI is InChI=1S/C26H30N4O5/c1-4-34-20-6-8-21(9-7-20)35-18-26(31)30-15-13-29(14-16-30)25-12-10-22(27-28-25)19-5-11-23(32-2)24(17-19)33-3/h5-12,17H,4,13-16,18H2,1-3H3. The van der Waals surface area contributed by atoms with Crippen molar-refractivity contribution >= 4 is 11.7 Å². The number of benzene rings is 2. The van der Waals surface area contributed by atoms with Gasteiger partial charge in [-0.15, -0.1) is 10.2 Å². The fourth-order valence-corrected chi connectivity index (χ4v) is 3.86. The van der Waals surface area contributed by atoms with Gasteiger partial charge in [-0.1, -0.05) is 0 Å². The molecule has 1 aromatic heterocycles. The molecule has 0 spiro atoms. The zero-order valence-corrected chi connectivity index (χ0v) is 20.3. The van der Waals surface area contributed by atoms with Crippen LogP contribution >= 0.6 is 0 Å². The van der Waals surface area contributed by atoms with E-state index in [1.165, 1.54) is 0 Å². The molecule has 4 rings (SSSR count). The van der Waals surface area contributed by atoms with Crippen LogP contribution in [0.5, 0.6) is 23.0 Å². The Morgan fingerprint density at radius 3 is 2.11 bits per heavy atom. The molecule has 35 heavy (non-hydrogen) atoms. The number of methoxy groups -OCH3 is 2. The van der Waals surface area contributed by atoms with Crippen molar-refractivity contribution in [3.8, 4) is 34.3 Å². The molecule has 3 aromatic rings. The summed E-state index contributed by atoms with van der Waals surface area (Å²) in [5, 5.41) is 8.80. The van der Waals surface area contributed by atoms with Crippen LogP contribution in [0.1, 0.15) is 6.92 Å². The Bertz CT molecular complexity index is 1110. The van der Waals surface area contributed by atoms with Gasteiger partial charge in [-0.25, -0.2) is 0 Å². The first-order valence-corrected chi connectivity index (χ1v) is 11.6. The lowest BCUT2D eigenvalue weighted by molar-refractivity contribution is -0.133. The Morgan fingerprint density at radius 2 is 1.51 bits per heavy atom. The monoisotopic (exact) mass is 478 g/mol. The number of amides is 1. The second-order valence-electron chi connectivity index (χ2n) is 7.91. The van der Waals surface area contributed by atoms with Crippen molar-refractivity contribution < 1.29 is 23.7 Å². The van der Waals surface area contributed by atoms with Crippen molar-refractivity contribution in [2.24, 2.45) is 0 Å². The fraction of sp³-hybridized carbons (Fsp3) is 0.346. The Morgan fingerprint density at radius 1 is 0.829 bits per heavy atom. The highest BCUT2D eigenvalue weighted by atomic mass is 16.5. The molecule has 0 N–H and O–H groups in total. The maximum Gasteiger partial charge on any atom is 0.260 e. The number of ether oxygens (including phenoxy) is 4. The summed E-state index contributed by atoms with van der Waals surface area (Å²) in [7, 11) is 3.21. The fourth-order valence-electron chi connectivity index (χ4n) is 3.86. The maximum absolute atomic E-state index is 12.6. The summed E-state index contributed by atoms with van der Waals surface area (Å²) in [6, 6.07) is 16.8. The van der Waals surface area contributed by atoms with Crippen molar-refractivity contribution in [2.75, 3.05) is 58.5 Å². The molecule has 0 saturated carbocycles. The van der Waals surface area contributed by atoms with Gasteiger partial charge < -0.3 is 28.7 Å². The molecule has 2 heterocycles. The number of hydrogen-bond donors (Lipinski definition) is 0. The second kappa shape index (κ2) is 11.4. The van der Waals surface area contributed by atoms with Gasteiger partial charge in [-0.2, -0.15) is 0 Å². The van der Waals surface area contributed by atoms with E-state index in [9.17, 15) is 4.79 Å². The van der Waals surface area contributed by atoms with E-state index in [0.29, 0.717) is 50.0 Å². The molecule has 1 fully saturated rings. The SMILES string of the molecule is CCOc1ccc(OCC(=O)N2CCN(c3ccc(-c4ccc(OC)c(OC)c4)nn3)CC2)cc1. The molecule has 1 aliphatic heterocycles. The zero-order valence-electron chi connectivity index (χ0n) is 20.3. The summed E-state index contributed by atoms with van der Waals surface area (Å²) in [5.74, 6) is 3.48. The van der Waals surface area contributed by atoms with Crippen LogP contribution in [0.4, 0.5) is 5.82 Å². The van der Waals surface area contributed by atoms with Gasteiger partial charge in [0.25, 0.3) is 5.91 Å². The molecule has 0 aliphatic carbocycles. The smallest absolute Gasteiger partial charge is 0.260 e. The number of piperazine rings is 1. The molecule has 1 saturated heterocycles.